The summed E-state index contributed by atoms with van der Waals surface area (Å²) in [6, 6.07) is 8.54. The lowest BCUT2D eigenvalue weighted by Crippen LogP contribution is -1.97. The first kappa shape index (κ1) is 14.0. The summed E-state index contributed by atoms with van der Waals surface area (Å²) in [5.41, 5.74) is 2.18. The number of hydrogen-bond acceptors (Lipinski definition) is 4. The molecule has 1 aromatic carbocycles. The molecule has 5 nitrogen and oxygen atoms in total. The van der Waals surface area contributed by atoms with Gasteiger partial charge < -0.3 is 4.74 Å². The summed E-state index contributed by atoms with van der Waals surface area (Å²) in [4.78, 5) is 14.3. The second-order valence-electron chi connectivity index (χ2n) is 4.86. The molecule has 5 heteroatoms. The Morgan fingerprint density at radius 2 is 2.05 bits per heavy atom. The summed E-state index contributed by atoms with van der Waals surface area (Å²) in [6.45, 7) is 6.23. The third-order valence-electron chi connectivity index (χ3n) is 3.03. The Bertz CT molecular complexity index is 639. The van der Waals surface area contributed by atoms with Crippen LogP contribution in [0.1, 0.15) is 30.9 Å². The predicted molar refractivity (Wildman–Crippen MR) is 76.2 cm³/mol. The molecule has 0 aliphatic rings. The van der Waals surface area contributed by atoms with Crippen LogP contribution in [0.4, 0.5) is 5.69 Å². The van der Waals surface area contributed by atoms with Crippen molar-refractivity contribution in [1.29, 1.82) is 0 Å². The fourth-order valence-electron chi connectivity index (χ4n) is 2.07. The van der Waals surface area contributed by atoms with Gasteiger partial charge in [-0.1, -0.05) is 19.9 Å². The quantitative estimate of drug-likeness (QED) is 0.617. The van der Waals surface area contributed by atoms with Crippen LogP contribution in [0.5, 0.6) is 11.6 Å². The third kappa shape index (κ3) is 2.93. The SMILES string of the molecule is Cc1cc(Oc2ncccc2[N+](=O)[O-])ccc1C(C)C. The topological polar surface area (TPSA) is 65.3 Å². The van der Waals surface area contributed by atoms with Gasteiger partial charge in [0, 0.05) is 12.3 Å². The van der Waals surface area contributed by atoms with Gasteiger partial charge in [0.25, 0.3) is 5.88 Å². The summed E-state index contributed by atoms with van der Waals surface area (Å²) in [5.74, 6) is 0.983. The van der Waals surface area contributed by atoms with E-state index in [-0.39, 0.29) is 11.6 Å². The van der Waals surface area contributed by atoms with Crippen molar-refractivity contribution in [1.82, 2.24) is 4.98 Å². The van der Waals surface area contributed by atoms with Crippen LogP contribution in [-0.4, -0.2) is 9.91 Å². The number of aromatic nitrogens is 1. The molecule has 1 aromatic heterocycles. The molecule has 0 radical (unpaired) electrons. The van der Waals surface area contributed by atoms with Crippen LogP contribution in [0.25, 0.3) is 0 Å². The predicted octanol–water partition coefficient (Wildman–Crippen LogP) is 4.21. The molecule has 0 spiro atoms. The molecule has 20 heavy (non-hydrogen) atoms. The Labute approximate surface area is 117 Å². The molecule has 0 aliphatic heterocycles. The molecule has 0 fully saturated rings. The van der Waals surface area contributed by atoms with Crippen molar-refractivity contribution in [3.63, 3.8) is 0 Å². The van der Waals surface area contributed by atoms with E-state index in [0.29, 0.717) is 11.7 Å². The molecule has 0 saturated carbocycles. The van der Waals surface area contributed by atoms with Crippen LogP contribution < -0.4 is 4.74 Å². The Morgan fingerprint density at radius 3 is 2.65 bits per heavy atom. The van der Waals surface area contributed by atoms with Crippen LogP contribution in [-0.2, 0) is 0 Å². The molecule has 0 aliphatic carbocycles. The maximum Gasteiger partial charge on any atom is 0.331 e. The van der Waals surface area contributed by atoms with Crippen molar-refractivity contribution in [2.45, 2.75) is 26.7 Å². The Hall–Kier alpha value is -2.43. The summed E-state index contributed by atoms with van der Waals surface area (Å²) in [6.07, 6.45) is 1.47. The van der Waals surface area contributed by atoms with E-state index < -0.39 is 4.92 Å². The number of pyridine rings is 1. The van der Waals surface area contributed by atoms with Crippen LogP contribution in [0.15, 0.2) is 36.5 Å². The molecule has 104 valence electrons. The highest BCUT2D eigenvalue weighted by Crippen LogP contribution is 2.30. The molecule has 0 atom stereocenters. The van der Waals surface area contributed by atoms with Gasteiger partial charge in [0.1, 0.15) is 5.75 Å². The van der Waals surface area contributed by atoms with E-state index in [1.165, 1.54) is 23.9 Å². The van der Waals surface area contributed by atoms with Gasteiger partial charge in [-0.15, -0.1) is 0 Å². The monoisotopic (exact) mass is 272 g/mol. The Balaban J connectivity index is 2.31. The van der Waals surface area contributed by atoms with E-state index in [1.807, 2.05) is 19.1 Å². The summed E-state index contributed by atoms with van der Waals surface area (Å²) < 4.78 is 5.53. The normalized spacial score (nSPS) is 10.6. The molecule has 0 saturated heterocycles. The first-order valence-electron chi connectivity index (χ1n) is 6.37. The van der Waals surface area contributed by atoms with Gasteiger partial charge in [-0.3, -0.25) is 10.1 Å². The lowest BCUT2D eigenvalue weighted by molar-refractivity contribution is -0.386. The maximum atomic E-state index is 10.9. The standard InChI is InChI=1S/C15H16N2O3/c1-10(2)13-7-6-12(9-11(13)3)20-15-14(17(18)19)5-4-8-16-15/h4-10H,1-3H3. The lowest BCUT2D eigenvalue weighted by Gasteiger charge is -2.11. The minimum absolute atomic E-state index is 0.00852. The van der Waals surface area contributed by atoms with Crippen molar-refractivity contribution in [3.05, 3.63) is 57.8 Å². The van der Waals surface area contributed by atoms with E-state index in [0.717, 1.165) is 5.56 Å². The minimum Gasteiger partial charge on any atom is -0.434 e. The van der Waals surface area contributed by atoms with Crippen LogP contribution in [0, 0.1) is 17.0 Å². The van der Waals surface area contributed by atoms with Crippen molar-refractivity contribution in [2.75, 3.05) is 0 Å². The average Bonchev–Trinajstić information content (AvgIpc) is 2.38. The van der Waals surface area contributed by atoms with Gasteiger partial charge in [-0.2, -0.15) is 0 Å². The van der Waals surface area contributed by atoms with Crippen molar-refractivity contribution in [3.8, 4) is 11.6 Å². The number of aryl methyl sites for hydroxylation is 1. The van der Waals surface area contributed by atoms with Crippen LogP contribution >= 0.6 is 0 Å². The number of nitro groups is 1. The average molecular weight is 272 g/mol. The van der Waals surface area contributed by atoms with Gasteiger partial charge in [-0.05, 0) is 42.2 Å². The highest BCUT2D eigenvalue weighted by Gasteiger charge is 2.16. The van der Waals surface area contributed by atoms with Crippen molar-refractivity contribution in [2.24, 2.45) is 0 Å². The zero-order chi connectivity index (χ0) is 14.7. The number of hydrogen-bond donors (Lipinski definition) is 0. The van der Waals surface area contributed by atoms with Gasteiger partial charge in [0.2, 0.25) is 0 Å². The molecule has 0 amide bonds. The minimum atomic E-state index is -0.502. The second-order valence-corrected chi connectivity index (χ2v) is 4.86. The molecule has 2 rings (SSSR count). The molecule has 0 bridgehead atoms. The van der Waals surface area contributed by atoms with Gasteiger partial charge >= 0.3 is 5.69 Å². The zero-order valence-corrected chi connectivity index (χ0v) is 11.7. The summed E-state index contributed by atoms with van der Waals surface area (Å²) >= 11 is 0. The van der Waals surface area contributed by atoms with E-state index in [1.54, 1.807) is 6.07 Å². The highest BCUT2D eigenvalue weighted by atomic mass is 16.6. The van der Waals surface area contributed by atoms with Crippen LogP contribution in [0.2, 0.25) is 0 Å². The van der Waals surface area contributed by atoms with Crippen LogP contribution in [0.3, 0.4) is 0 Å². The summed E-state index contributed by atoms with van der Waals surface area (Å²) in [7, 11) is 0. The van der Waals surface area contributed by atoms with Gasteiger partial charge in [0.15, 0.2) is 0 Å². The molecule has 2 aromatic rings. The smallest absolute Gasteiger partial charge is 0.331 e. The first-order chi connectivity index (χ1) is 9.49. The fraction of sp³-hybridized carbons (Fsp3) is 0.267. The zero-order valence-electron chi connectivity index (χ0n) is 11.7. The largest absolute Gasteiger partial charge is 0.434 e. The first-order valence-corrected chi connectivity index (χ1v) is 6.37. The number of rotatable bonds is 4. The van der Waals surface area contributed by atoms with E-state index in [4.69, 9.17) is 4.74 Å². The maximum absolute atomic E-state index is 10.9. The fourth-order valence-corrected chi connectivity index (χ4v) is 2.07. The van der Waals surface area contributed by atoms with Gasteiger partial charge in [0.05, 0.1) is 4.92 Å². The van der Waals surface area contributed by atoms with E-state index in [9.17, 15) is 10.1 Å². The Morgan fingerprint density at radius 1 is 1.30 bits per heavy atom. The molecule has 0 N–H and O–H groups in total. The highest BCUT2D eigenvalue weighted by molar-refractivity contribution is 5.44. The third-order valence-corrected chi connectivity index (χ3v) is 3.03. The summed E-state index contributed by atoms with van der Waals surface area (Å²) in [5, 5.41) is 10.9. The number of benzene rings is 1. The number of ether oxygens (including phenoxy) is 1. The van der Waals surface area contributed by atoms with E-state index in [2.05, 4.69) is 18.8 Å². The molecule has 1 heterocycles. The molecular weight excluding hydrogens is 256 g/mol. The lowest BCUT2D eigenvalue weighted by atomic mass is 9.98. The van der Waals surface area contributed by atoms with Gasteiger partial charge in [-0.25, -0.2) is 4.98 Å². The molecular formula is C15H16N2O3. The second kappa shape index (κ2) is 5.69. The number of nitrogens with zero attached hydrogens (tertiary/aromatic N) is 2. The van der Waals surface area contributed by atoms with E-state index >= 15 is 0 Å². The van der Waals surface area contributed by atoms with Crippen molar-refractivity contribution >= 4 is 5.69 Å². The molecule has 0 unspecified atom stereocenters. The Kier molecular flexibility index (Phi) is 3.98. The van der Waals surface area contributed by atoms with Crippen molar-refractivity contribution < 1.29 is 9.66 Å².